The number of benzene rings is 2. The Morgan fingerprint density at radius 1 is 1.16 bits per heavy atom. The molecule has 2 aromatic carbocycles. The zero-order valence-corrected chi connectivity index (χ0v) is 22.0. The Hall–Kier alpha value is -2.97. The van der Waals surface area contributed by atoms with Crippen LogP contribution in [0, 0.1) is 6.92 Å². The molecule has 0 spiro atoms. The molecule has 6 rings (SSSR count). The Balaban J connectivity index is 1.59. The van der Waals surface area contributed by atoms with Gasteiger partial charge in [0.05, 0.1) is 31.8 Å². The van der Waals surface area contributed by atoms with Crippen LogP contribution in [0.15, 0.2) is 42.6 Å². The topological polar surface area (TPSA) is 46.9 Å². The lowest BCUT2D eigenvalue weighted by atomic mass is 9.77. The Labute approximate surface area is 216 Å². The van der Waals surface area contributed by atoms with Crippen molar-refractivity contribution < 1.29 is 23.0 Å². The van der Waals surface area contributed by atoms with Gasteiger partial charge in [-0.3, -0.25) is 9.80 Å². The molecule has 1 aromatic heterocycles. The minimum atomic E-state index is -2.36. The van der Waals surface area contributed by atoms with Crippen molar-refractivity contribution >= 4 is 16.9 Å². The predicted molar refractivity (Wildman–Crippen MR) is 139 cm³/mol. The summed E-state index contributed by atoms with van der Waals surface area (Å²) in [6.45, 7) is 3.83. The molecule has 0 N–H and O–H groups in total. The number of piperidine rings is 1. The molecular weight excluding hydrogens is 476 g/mol. The summed E-state index contributed by atoms with van der Waals surface area (Å²) in [5.74, 6) is 0.474. The van der Waals surface area contributed by atoms with Crippen LogP contribution in [-0.2, 0) is 23.9 Å². The van der Waals surface area contributed by atoms with Gasteiger partial charge in [0.2, 0.25) is 0 Å². The summed E-state index contributed by atoms with van der Waals surface area (Å²) < 4.78 is 39.9. The number of methoxy groups -OCH3 is 2. The van der Waals surface area contributed by atoms with Gasteiger partial charge in [-0.05, 0) is 61.6 Å². The molecule has 198 valence electrons. The molecule has 2 unspecified atom stereocenters. The maximum atomic E-state index is 13.5. The zero-order valence-electron chi connectivity index (χ0n) is 22.0. The van der Waals surface area contributed by atoms with Gasteiger partial charge in [-0.2, -0.15) is 0 Å². The first kappa shape index (κ1) is 25.7. The highest BCUT2D eigenvalue weighted by atomic mass is 19.3. The molecule has 3 aromatic rings. The van der Waals surface area contributed by atoms with Gasteiger partial charge in [0.25, 0.3) is 6.43 Å². The monoisotopic (exact) mass is 511 g/mol. The third-order valence-corrected chi connectivity index (χ3v) is 8.46. The van der Waals surface area contributed by atoms with E-state index in [9.17, 15) is 13.6 Å². The molecule has 2 atom stereocenters. The minimum Gasteiger partial charge on any atom is -0.496 e. The Morgan fingerprint density at radius 3 is 2.59 bits per heavy atom. The molecule has 4 heterocycles. The third-order valence-electron chi connectivity index (χ3n) is 8.46. The second kappa shape index (κ2) is 10.1. The first-order valence-electron chi connectivity index (χ1n) is 12.8. The van der Waals surface area contributed by atoms with Gasteiger partial charge in [-0.15, -0.1) is 0 Å². The van der Waals surface area contributed by atoms with Crippen molar-refractivity contribution in [3.63, 3.8) is 0 Å². The fraction of sp³-hybridized carbons (Fsp3) is 0.483. The van der Waals surface area contributed by atoms with E-state index >= 15 is 0 Å². The SMILES string of the molecule is COC(=O)c1ccc(C23CCC(CN2Cc2c(OC)cc(C)c4c2ccn4C)N(CC(F)F)CC3)cc1. The van der Waals surface area contributed by atoms with Gasteiger partial charge in [0.15, 0.2) is 0 Å². The van der Waals surface area contributed by atoms with Gasteiger partial charge in [0, 0.05) is 55.4 Å². The zero-order chi connectivity index (χ0) is 26.3. The van der Waals surface area contributed by atoms with E-state index in [0.29, 0.717) is 25.2 Å². The summed E-state index contributed by atoms with van der Waals surface area (Å²) in [5.41, 5.74) is 4.71. The van der Waals surface area contributed by atoms with Gasteiger partial charge >= 0.3 is 5.97 Å². The highest BCUT2D eigenvalue weighted by Crippen LogP contribution is 2.47. The molecule has 3 aliphatic heterocycles. The molecule has 8 heteroatoms. The first-order chi connectivity index (χ1) is 17.8. The number of carbonyl (C=O) groups is 1. The van der Waals surface area contributed by atoms with Crippen LogP contribution >= 0.6 is 0 Å². The van der Waals surface area contributed by atoms with Crippen molar-refractivity contribution in [1.82, 2.24) is 14.4 Å². The van der Waals surface area contributed by atoms with Gasteiger partial charge in [-0.1, -0.05) is 12.1 Å². The largest absolute Gasteiger partial charge is 0.496 e. The number of hydrogen-bond donors (Lipinski definition) is 0. The van der Waals surface area contributed by atoms with Crippen LogP contribution in [0.3, 0.4) is 0 Å². The van der Waals surface area contributed by atoms with Crippen LogP contribution in [0.2, 0.25) is 0 Å². The minimum absolute atomic E-state index is 0.0710. The molecular formula is C29H35F2N3O3. The number of fused-ring (bicyclic) bond motifs is 5. The van der Waals surface area contributed by atoms with Crippen LogP contribution < -0.4 is 4.74 Å². The van der Waals surface area contributed by atoms with Crippen molar-refractivity contribution in [3.05, 3.63) is 64.8 Å². The summed E-state index contributed by atoms with van der Waals surface area (Å²) in [5, 5.41) is 1.15. The Morgan fingerprint density at radius 2 is 1.92 bits per heavy atom. The van der Waals surface area contributed by atoms with Crippen LogP contribution in [0.4, 0.5) is 8.78 Å². The van der Waals surface area contributed by atoms with E-state index in [1.165, 1.54) is 12.6 Å². The van der Waals surface area contributed by atoms with E-state index in [0.717, 1.165) is 47.1 Å². The number of hydrogen-bond acceptors (Lipinski definition) is 5. The van der Waals surface area contributed by atoms with Crippen LogP contribution in [0.1, 0.15) is 46.3 Å². The average Bonchev–Trinajstić information content (AvgIpc) is 3.13. The quantitative estimate of drug-likeness (QED) is 0.413. The van der Waals surface area contributed by atoms with Gasteiger partial charge in [0.1, 0.15) is 5.75 Å². The molecule has 0 radical (unpaired) electrons. The second-order valence-electron chi connectivity index (χ2n) is 10.4. The number of ether oxygens (including phenoxy) is 2. The lowest BCUT2D eigenvalue weighted by molar-refractivity contribution is 0.0135. The molecule has 0 amide bonds. The standard InChI is InChI=1S/C29H35F2N3O3/c1-19-15-25(36-3)24(23-10-13-32(2)27(19)23)17-34-16-22-9-11-29(34,12-14-33(22)18-26(30)31)21-7-5-20(6-8-21)28(35)37-4/h5-8,10,13,15,22,26H,9,11-12,14,16-18H2,1-4H3. The van der Waals surface area contributed by atoms with Crippen molar-refractivity contribution in [2.24, 2.45) is 7.05 Å². The fourth-order valence-electron chi connectivity index (χ4n) is 6.60. The molecule has 3 saturated heterocycles. The van der Waals surface area contributed by atoms with Crippen LogP contribution in [0.25, 0.3) is 10.9 Å². The highest BCUT2D eigenvalue weighted by molar-refractivity contribution is 5.89. The molecule has 3 fully saturated rings. The van der Waals surface area contributed by atoms with E-state index < -0.39 is 6.43 Å². The Bertz CT molecular complexity index is 1290. The molecule has 0 saturated carbocycles. The number of carbonyl (C=O) groups excluding carboxylic acids is 1. The lowest BCUT2D eigenvalue weighted by Gasteiger charge is -2.48. The van der Waals surface area contributed by atoms with E-state index in [4.69, 9.17) is 9.47 Å². The summed E-state index contributed by atoms with van der Waals surface area (Å²) in [6, 6.07) is 11.9. The van der Waals surface area contributed by atoms with Crippen LogP contribution in [-0.4, -0.2) is 66.7 Å². The average molecular weight is 512 g/mol. The molecule has 2 bridgehead atoms. The fourth-order valence-corrected chi connectivity index (χ4v) is 6.60. The number of nitrogens with zero attached hydrogens (tertiary/aromatic N) is 3. The summed E-state index contributed by atoms with van der Waals surface area (Å²) >= 11 is 0. The lowest BCUT2D eigenvalue weighted by Crippen LogP contribution is -2.53. The number of esters is 1. The Kier molecular flexibility index (Phi) is 6.98. The van der Waals surface area contributed by atoms with E-state index in [1.54, 1.807) is 7.11 Å². The molecule has 37 heavy (non-hydrogen) atoms. The third kappa shape index (κ3) is 4.50. The van der Waals surface area contributed by atoms with Crippen molar-refractivity contribution in [1.29, 1.82) is 0 Å². The summed E-state index contributed by atoms with van der Waals surface area (Å²) in [7, 11) is 5.12. The van der Waals surface area contributed by atoms with Gasteiger partial charge in [-0.25, -0.2) is 13.6 Å². The van der Waals surface area contributed by atoms with E-state index in [2.05, 4.69) is 34.7 Å². The van der Waals surface area contributed by atoms with Crippen molar-refractivity contribution in [2.45, 2.75) is 50.7 Å². The number of aryl methyl sites for hydroxylation is 2. The number of halogens is 2. The smallest absolute Gasteiger partial charge is 0.337 e. The first-order valence-corrected chi connectivity index (χ1v) is 12.8. The number of rotatable bonds is 7. The second-order valence-corrected chi connectivity index (χ2v) is 10.4. The van der Waals surface area contributed by atoms with Crippen molar-refractivity contribution in [2.75, 3.05) is 33.9 Å². The normalized spacial score (nSPS) is 22.5. The molecule has 3 aliphatic rings. The summed E-state index contributed by atoms with van der Waals surface area (Å²) in [6.07, 6.45) is 2.16. The number of alkyl halides is 2. The molecule has 0 aliphatic carbocycles. The number of aromatic nitrogens is 1. The maximum absolute atomic E-state index is 13.5. The van der Waals surface area contributed by atoms with E-state index in [1.807, 2.05) is 36.2 Å². The van der Waals surface area contributed by atoms with E-state index in [-0.39, 0.29) is 24.1 Å². The highest BCUT2D eigenvalue weighted by Gasteiger charge is 2.48. The van der Waals surface area contributed by atoms with Crippen molar-refractivity contribution in [3.8, 4) is 5.75 Å². The predicted octanol–water partition coefficient (Wildman–Crippen LogP) is 5.11. The van der Waals surface area contributed by atoms with Crippen LogP contribution in [0.5, 0.6) is 5.75 Å². The maximum Gasteiger partial charge on any atom is 0.337 e. The molecule has 6 nitrogen and oxygen atoms in total. The summed E-state index contributed by atoms with van der Waals surface area (Å²) in [4.78, 5) is 16.5. The van der Waals surface area contributed by atoms with Gasteiger partial charge < -0.3 is 14.0 Å².